The number of aromatic nitrogens is 1. The molecule has 2 heterocycles. The summed E-state index contributed by atoms with van der Waals surface area (Å²) in [5.74, 6) is -0.326. The number of esters is 1. The molecule has 1 fully saturated rings. The Kier molecular flexibility index (Phi) is 6.51. The van der Waals surface area contributed by atoms with E-state index in [-0.39, 0.29) is 11.9 Å². The number of morpholine rings is 1. The summed E-state index contributed by atoms with van der Waals surface area (Å²) >= 11 is 7.51. The molecule has 2 aliphatic rings. The van der Waals surface area contributed by atoms with Gasteiger partial charge in [0.1, 0.15) is 4.88 Å². The summed E-state index contributed by atoms with van der Waals surface area (Å²) < 4.78 is 10.7. The van der Waals surface area contributed by atoms with E-state index in [1.807, 2.05) is 25.2 Å². The maximum absolute atomic E-state index is 12.5. The van der Waals surface area contributed by atoms with Gasteiger partial charge < -0.3 is 14.4 Å². The molecule has 1 atom stereocenters. The lowest BCUT2D eigenvalue weighted by molar-refractivity contribution is 0.0530. The standard InChI is InChI=1S/C19H23ClN2O3S/c1-3-25-18(23)17-16(13(2)14-5-4-6-15(20)8-7-14)21-19(26-17)22-9-11-24-12-10-22/h5-8,13H,3-4,9-12H2,1-2H3. The zero-order valence-corrected chi connectivity index (χ0v) is 16.6. The van der Waals surface area contributed by atoms with Gasteiger partial charge in [0.05, 0.1) is 25.5 Å². The van der Waals surface area contributed by atoms with Gasteiger partial charge in [-0.3, -0.25) is 0 Å². The van der Waals surface area contributed by atoms with Crippen LogP contribution in [-0.4, -0.2) is 43.9 Å². The Balaban J connectivity index is 1.92. The van der Waals surface area contributed by atoms with Gasteiger partial charge in [-0.25, -0.2) is 9.78 Å². The Morgan fingerprint density at radius 2 is 2.15 bits per heavy atom. The molecular weight excluding hydrogens is 372 g/mol. The Bertz CT molecular complexity index is 748. The SMILES string of the molecule is CCOC(=O)c1sc(N2CCOCC2)nc1C(C)C1=CCC=C(Cl)C=C1. The first kappa shape index (κ1) is 19.1. The second kappa shape index (κ2) is 8.84. The van der Waals surface area contributed by atoms with Gasteiger partial charge in [-0.05, 0) is 25.0 Å². The van der Waals surface area contributed by atoms with Crippen molar-refractivity contribution in [3.63, 3.8) is 0 Å². The van der Waals surface area contributed by atoms with E-state index >= 15 is 0 Å². The minimum absolute atomic E-state index is 0.0207. The van der Waals surface area contributed by atoms with Crippen LogP contribution in [-0.2, 0) is 9.47 Å². The van der Waals surface area contributed by atoms with Crippen LogP contribution in [0.5, 0.6) is 0 Å². The Morgan fingerprint density at radius 3 is 2.88 bits per heavy atom. The van der Waals surface area contributed by atoms with Gasteiger partial charge in [-0.15, -0.1) is 0 Å². The summed E-state index contributed by atoms with van der Waals surface area (Å²) in [4.78, 5) is 20.1. The van der Waals surface area contributed by atoms with Crippen molar-refractivity contribution in [1.29, 1.82) is 0 Å². The number of thiazole rings is 1. The summed E-state index contributed by atoms with van der Waals surface area (Å²) in [6.07, 6.45) is 8.74. The number of rotatable bonds is 5. The molecule has 0 spiro atoms. The third kappa shape index (κ3) is 4.37. The average Bonchev–Trinajstić information content (AvgIpc) is 2.99. The highest BCUT2D eigenvalue weighted by Crippen LogP contribution is 2.36. The van der Waals surface area contributed by atoms with Crippen molar-refractivity contribution in [2.45, 2.75) is 26.2 Å². The number of anilines is 1. The summed E-state index contributed by atoms with van der Waals surface area (Å²) in [5, 5.41) is 1.58. The fourth-order valence-electron chi connectivity index (χ4n) is 2.94. The van der Waals surface area contributed by atoms with E-state index < -0.39 is 0 Å². The van der Waals surface area contributed by atoms with E-state index in [4.69, 9.17) is 26.1 Å². The van der Waals surface area contributed by atoms with E-state index in [0.717, 1.165) is 40.9 Å². The summed E-state index contributed by atoms with van der Waals surface area (Å²) in [5.41, 5.74) is 1.87. The van der Waals surface area contributed by atoms with Gasteiger partial charge in [0.2, 0.25) is 0 Å². The van der Waals surface area contributed by atoms with E-state index in [2.05, 4.69) is 17.9 Å². The number of nitrogens with zero attached hydrogens (tertiary/aromatic N) is 2. The van der Waals surface area contributed by atoms with E-state index in [0.29, 0.717) is 24.7 Å². The molecule has 1 unspecified atom stereocenters. The van der Waals surface area contributed by atoms with Crippen molar-refractivity contribution in [2.24, 2.45) is 0 Å². The van der Waals surface area contributed by atoms with Crippen molar-refractivity contribution in [3.05, 3.63) is 45.5 Å². The molecule has 1 aromatic rings. The highest BCUT2D eigenvalue weighted by Gasteiger charge is 2.27. The Morgan fingerprint density at radius 1 is 1.38 bits per heavy atom. The van der Waals surface area contributed by atoms with E-state index in [9.17, 15) is 4.79 Å². The molecule has 1 aliphatic heterocycles. The van der Waals surface area contributed by atoms with Crippen LogP contribution in [0.1, 0.15) is 41.6 Å². The van der Waals surface area contributed by atoms with Crippen molar-refractivity contribution in [1.82, 2.24) is 4.98 Å². The molecular formula is C19H23ClN2O3S. The predicted molar refractivity (Wildman–Crippen MR) is 105 cm³/mol. The van der Waals surface area contributed by atoms with E-state index in [1.54, 1.807) is 0 Å². The number of allylic oxidation sites excluding steroid dienone is 6. The number of carbonyl (C=O) groups is 1. The lowest BCUT2D eigenvalue weighted by Gasteiger charge is -2.26. The fourth-order valence-corrected chi connectivity index (χ4v) is 4.20. The third-order valence-corrected chi connectivity index (χ3v) is 5.79. The second-order valence-electron chi connectivity index (χ2n) is 6.11. The van der Waals surface area contributed by atoms with Gasteiger partial charge in [-0.2, -0.15) is 0 Å². The lowest BCUT2D eigenvalue weighted by atomic mass is 9.95. The van der Waals surface area contributed by atoms with Gasteiger partial charge in [-0.1, -0.05) is 48.1 Å². The van der Waals surface area contributed by atoms with Crippen molar-refractivity contribution in [3.8, 4) is 0 Å². The third-order valence-electron chi connectivity index (χ3n) is 4.40. The summed E-state index contributed by atoms with van der Waals surface area (Å²) in [7, 11) is 0. The van der Waals surface area contributed by atoms with Crippen LogP contribution in [0.15, 0.2) is 34.9 Å². The zero-order chi connectivity index (χ0) is 18.5. The lowest BCUT2D eigenvalue weighted by Crippen LogP contribution is -2.36. The number of carbonyl (C=O) groups excluding carboxylic acids is 1. The maximum Gasteiger partial charge on any atom is 0.350 e. The number of hydrogen-bond donors (Lipinski definition) is 0. The minimum atomic E-state index is -0.305. The molecule has 3 rings (SSSR count). The quantitative estimate of drug-likeness (QED) is 0.698. The van der Waals surface area contributed by atoms with Crippen LogP contribution in [0.2, 0.25) is 0 Å². The molecule has 0 aromatic carbocycles. The molecule has 1 saturated heterocycles. The number of hydrogen-bond acceptors (Lipinski definition) is 6. The molecule has 1 aromatic heterocycles. The van der Waals surface area contributed by atoms with Crippen molar-refractivity contribution < 1.29 is 14.3 Å². The highest BCUT2D eigenvalue weighted by molar-refractivity contribution is 7.17. The average molecular weight is 395 g/mol. The van der Waals surface area contributed by atoms with Crippen LogP contribution < -0.4 is 4.90 Å². The van der Waals surface area contributed by atoms with Crippen LogP contribution in [0, 0.1) is 0 Å². The van der Waals surface area contributed by atoms with Crippen molar-refractivity contribution in [2.75, 3.05) is 37.8 Å². The first-order valence-electron chi connectivity index (χ1n) is 8.84. The van der Waals surface area contributed by atoms with Gasteiger partial charge in [0.25, 0.3) is 0 Å². The maximum atomic E-state index is 12.5. The second-order valence-corrected chi connectivity index (χ2v) is 7.53. The molecule has 0 radical (unpaired) electrons. The smallest absolute Gasteiger partial charge is 0.350 e. The molecule has 26 heavy (non-hydrogen) atoms. The van der Waals surface area contributed by atoms with Gasteiger partial charge in [0.15, 0.2) is 5.13 Å². The molecule has 5 nitrogen and oxygen atoms in total. The molecule has 7 heteroatoms. The summed E-state index contributed by atoms with van der Waals surface area (Å²) in [6, 6.07) is 0. The van der Waals surface area contributed by atoms with Crippen LogP contribution in [0.25, 0.3) is 0 Å². The molecule has 0 bridgehead atoms. The Labute approximate surface area is 163 Å². The first-order valence-corrected chi connectivity index (χ1v) is 10.0. The van der Waals surface area contributed by atoms with Crippen LogP contribution in [0.4, 0.5) is 5.13 Å². The fraction of sp³-hybridized carbons (Fsp3) is 0.474. The summed E-state index contributed by atoms with van der Waals surface area (Å²) in [6.45, 7) is 7.15. The van der Waals surface area contributed by atoms with Crippen LogP contribution >= 0.6 is 22.9 Å². The molecule has 0 saturated carbocycles. The minimum Gasteiger partial charge on any atom is -0.462 e. The molecule has 140 valence electrons. The molecule has 0 amide bonds. The highest BCUT2D eigenvalue weighted by atomic mass is 35.5. The Hall–Kier alpha value is -1.63. The van der Waals surface area contributed by atoms with Crippen LogP contribution in [0.3, 0.4) is 0 Å². The number of halogens is 1. The predicted octanol–water partition coefficient (Wildman–Crippen LogP) is 4.27. The molecule has 0 N–H and O–H groups in total. The van der Waals surface area contributed by atoms with Gasteiger partial charge >= 0.3 is 5.97 Å². The van der Waals surface area contributed by atoms with E-state index in [1.165, 1.54) is 11.3 Å². The first-order chi connectivity index (χ1) is 12.6. The monoisotopic (exact) mass is 394 g/mol. The number of ether oxygens (including phenoxy) is 2. The topological polar surface area (TPSA) is 51.7 Å². The normalized spacial score (nSPS) is 18.8. The van der Waals surface area contributed by atoms with Gasteiger partial charge in [0, 0.05) is 24.0 Å². The zero-order valence-electron chi connectivity index (χ0n) is 15.0. The molecule has 1 aliphatic carbocycles. The van der Waals surface area contributed by atoms with Crippen molar-refractivity contribution >= 4 is 34.0 Å². The largest absolute Gasteiger partial charge is 0.462 e.